The number of nitrogens with zero attached hydrogens (tertiary/aromatic N) is 4. The van der Waals surface area contributed by atoms with Gasteiger partial charge < -0.3 is 14.4 Å². The van der Waals surface area contributed by atoms with Crippen molar-refractivity contribution in [2.24, 2.45) is 0 Å². The molecule has 150 valence electrons. The Hall–Kier alpha value is -2.54. The fraction of sp³-hybridized carbons (Fsp3) is 0.524. The van der Waals surface area contributed by atoms with E-state index in [4.69, 9.17) is 9.47 Å². The van der Waals surface area contributed by atoms with Crippen LogP contribution in [-0.4, -0.2) is 58.8 Å². The van der Waals surface area contributed by atoms with Crippen molar-refractivity contribution in [1.82, 2.24) is 19.6 Å². The maximum Gasteiger partial charge on any atom is 0.237 e. The average molecular weight is 384 g/mol. The minimum absolute atomic E-state index is 0.111. The smallest absolute Gasteiger partial charge is 0.237 e. The summed E-state index contributed by atoms with van der Waals surface area (Å²) in [4.78, 5) is 17.1. The van der Waals surface area contributed by atoms with Gasteiger partial charge in [0.15, 0.2) is 11.5 Å². The Balaban J connectivity index is 1.40. The van der Waals surface area contributed by atoms with E-state index >= 15 is 0 Å². The summed E-state index contributed by atoms with van der Waals surface area (Å²) in [7, 11) is 1.98. The van der Waals surface area contributed by atoms with Crippen molar-refractivity contribution < 1.29 is 14.3 Å². The number of carbonyl (C=O) groups is 1. The van der Waals surface area contributed by atoms with Crippen molar-refractivity contribution in [1.29, 1.82) is 0 Å². The first-order valence-electron chi connectivity index (χ1n) is 10.0. The predicted octanol–water partition coefficient (Wildman–Crippen LogP) is 2.47. The Kier molecular flexibility index (Phi) is 5.52. The molecule has 3 heterocycles. The van der Waals surface area contributed by atoms with E-state index < -0.39 is 0 Å². The molecule has 1 aromatic heterocycles. The average Bonchev–Trinajstić information content (AvgIpc) is 3.37. The van der Waals surface area contributed by atoms with Crippen LogP contribution in [0.3, 0.4) is 0 Å². The Morgan fingerprint density at radius 3 is 2.89 bits per heavy atom. The maximum absolute atomic E-state index is 13.0. The Labute approximate surface area is 165 Å². The number of fused-ring (bicyclic) bond motifs is 1. The molecule has 0 bridgehead atoms. The highest BCUT2D eigenvalue weighted by Gasteiger charge is 2.31. The van der Waals surface area contributed by atoms with Gasteiger partial charge in [-0.15, -0.1) is 0 Å². The van der Waals surface area contributed by atoms with E-state index in [0.29, 0.717) is 26.3 Å². The second-order valence-corrected chi connectivity index (χ2v) is 7.52. The highest BCUT2D eigenvalue weighted by atomic mass is 16.6. The summed E-state index contributed by atoms with van der Waals surface area (Å²) in [5, 5.41) is 4.30. The summed E-state index contributed by atoms with van der Waals surface area (Å²) in [6.07, 6.45) is 5.92. The molecule has 0 spiro atoms. The van der Waals surface area contributed by atoms with Crippen LogP contribution in [0.5, 0.6) is 11.5 Å². The van der Waals surface area contributed by atoms with E-state index in [2.05, 4.69) is 23.0 Å². The van der Waals surface area contributed by atoms with Crippen molar-refractivity contribution in [3.8, 4) is 11.5 Å². The molecular weight excluding hydrogens is 356 g/mol. The molecule has 7 nitrogen and oxygen atoms in total. The van der Waals surface area contributed by atoms with Crippen LogP contribution < -0.4 is 9.47 Å². The number of rotatable bonds is 6. The largest absolute Gasteiger partial charge is 0.486 e. The number of hydrogen-bond acceptors (Lipinski definition) is 5. The topological polar surface area (TPSA) is 59.8 Å². The zero-order chi connectivity index (χ0) is 19.5. The standard InChI is InChI=1S/C21H28N4O3/c1-3-24-14-16(12-22-24)13-23(2)15-21(26)25-8-4-5-18(25)17-6-7-19-20(11-17)28-10-9-27-19/h6-7,11-12,14,18H,3-5,8-10,13,15H2,1-2H3/t18-/m0/s1. The number of hydrogen-bond donors (Lipinski definition) is 0. The Bertz CT molecular complexity index is 835. The molecule has 1 atom stereocenters. The molecule has 1 amide bonds. The van der Waals surface area contributed by atoms with Crippen LogP contribution in [0.1, 0.15) is 36.9 Å². The number of benzene rings is 1. The van der Waals surface area contributed by atoms with Gasteiger partial charge in [-0.05, 0) is 44.5 Å². The van der Waals surface area contributed by atoms with Crippen LogP contribution in [-0.2, 0) is 17.9 Å². The zero-order valence-electron chi connectivity index (χ0n) is 16.6. The van der Waals surface area contributed by atoms with Gasteiger partial charge in [-0.1, -0.05) is 6.07 Å². The van der Waals surface area contributed by atoms with Crippen LogP contribution in [0.2, 0.25) is 0 Å². The summed E-state index contributed by atoms with van der Waals surface area (Å²) in [6, 6.07) is 6.17. The SMILES string of the molecule is CCn1cc(CN(C)CC(=O)N2CCC[C@H]2c2ccc3c(c2)OCCO3)cn1. The van der Waals surface area contributed by atoms with Crippen molar-refractivity contribution in [2.75, 3.05) is 33.4 Å². The quantitative estimate of drug-likeness (QED) is 0.766. The van der Waals surface area contributed by atoms with Crippen molar-refractivity contribution in [3.05, 3.63) is 41.7 Å². The molecular formula is C21H28N4O3. The Morgan fingerprint density at radius 1 is 1.29 bits per heavy atom. The molecule has 28 heavy (non-hydrogen) atoms. The molecule has 1 saturated heterocycles. The molecule has 0 radical (unpaired) electrons. The van der Waals surface area contributed by atoms with Gasteiger partial charge in [-0.25, -0.2) is 0 Å². The minimum atomic E-state index is 0.111. The maximum atomic E-state index is 13.0. The number of likely N-dealkylation sites (N-methyl/N-ethyl adjacent to an activating group) is 1. The van der Waals surface area contributed by atoms with Crippen LogP contribution >= 0.6 is 0 Å². The van der Waals surface area contributed by atoms with Crippen molar-refractivity contribution >= 4 is 5.91 Å². The zero-order valence-corrected chi connectivity index (χ0v) is 16.6. The number of aryl methyl sites for hydroxylation is 1. The third-order valence-corrected chi connectivity index (χ3v) is 5.39. The third-order valence-electron chi connectivity index (χ3n) is 5.39. The van der Waals surface area contributed by atoms with E-state index in [-0.39, 0.29) is 11.9 Å². The summed E-state index contributed by atoms with van der Waals surface area (Å²) in [6.45, 7) is 6.00. The first-order chi connectivity index (χ1) is 13.6. The molecule has 0 unspecified atom stereocenters. The Morgan fingerprint density at radius 2 is 2.11 bits per heavy atom. The van der Waals surface area contributed by atoms with Gasteiger partial charge in [0.05, 0.1) is 18.8 Å². The lowest BCUT2D eigenvalue weighted by molar-refractivity contribution is -0.133. The van der Waals surface area contributed by atoms with E-state index in [1.54, 1.807) is 0 Å². The molecule has 7 heteroatoms. The summed E-state index contributed by atoms with van der Waals surface area (Å²) < 4.78 is 13.2. The highest BCUT2D eigenvalue weighted by molar-refractivity contribution is 5.79. The van der Waals surface area contributed by atoms with Gasteiger partial charge >= 0.3 is 0 Å². The van der Waals surface area contributed by atoms with Crippen molar-refractivity contribution in [3.63, 3.8) is 0 Å². The molecule has 1 aromatic carbocycles. The highest BCUT2D eigenvalue weighted by Crippen LogP contribution is 2.38. The second-order valence-electron chi connectivity index (χ2n) is 7.52. The normalized spacial score (nSPS) is 18.7. The van der Waals surface area contributed by atoms with Crippen molar-refractivity contribution in [2.45, 2.75) is 38.9 Å². The lowest BCUT2D eigenvalue weighted by Crippen LogP contribution is -2.38. The van der Waals surface area contributed by atoms with Crippen LogP contribution in [0.25, 0.3) is 0 Å². The first kappa shape index (κ1) is 18.8. The molecule has 2 aliphatic heterocycles. The summed E-state index contributed by atoms with van der Waals surface area (Å²) in [5.41, 5.74) is 2.25. The van der Waals surface area contributed by atoms with Gasteiger partial charge in [0.2, 0.25) is 5.91 Å². The molecule has 2 aliphatic rings. The van der Waals surface area contributed by atoms with Gasteiger partial charge in [0.1, 0.15) is 13.2 Å². The molecule has 0 N–H and O–H groups in total. The van der Waals surface area contributed by atoms with Crippen LogP contribution in [0.4, 0.5) is 0 Å². The third kappa shape index (κ3) is 3.99. The number of ether oxygens (including phenoxy) is 2. The van der Waals surface area contributed by atoms with Gasteiger partial charge in [-0.2, -0.15) is 5.10 Å². The summed E-state index contributed by atoms with van der Waals surface area (Å²) >= 11 is 0. The fourth-order valence-corrected chi connectivity index (χ4v) is 4.03. The fourth-order valence-electron chi connectivity index (χ4n) is 4.03. The number of amides is 1. The number of carbonyl (C=O) groups excluding carboxylic acids is 1. The molecule has 2 aromatic rings. The first-order valence-corrected chi connectivity index (χ1v) is 10.0. The van der Waals surface area contributed by atoms with Crippen LogP contribution in [0.15, 0.2) is 30.6 Å². The minimum Gasteiger partial charge on any atom is -0.486 e. The van der Waals surface area contributed by atoms with Gasteiger partial charge in [0.25, 0.3) is 0 Å². The summed E-state index contributed by atoms with van der Waals surface area (Å²) in [5.74, 6) is 1.74. The molecule has 1 fully saturated rings. The number of aromatic nitrogens is 2. The molecule has 0 saturated carbocycles. The lowest BCUT2D eigenvalue weighted by Gasteiger charge is -2.28. The van der Waals surface area contributed by atoms with E-state index in [1.807, 2.05) is 41.2 Å². The van der Waals surface area contributed by atoms with E-state index in [9.17, 15) is 4.79 Å². The predicted molar refractivity (Wildman–Crippen MR) is 105 cm³/mol. The van der Waals surface area contributed by atoms with E-state index in [0.717, 1.165) is 48.6 Å². The van der Waals surface area contributed by atoms with Gasteiger partial charge in [0, 0.05) is 31.4 Å². The van der Waals surface area contributed by atoms with Gasteiger partial charge in [-0.3, -0.25) is 14.4 Å². The lowest BCUT2D eigenvalue weighted by atomic mass is 10.0. The molecule has 4 rings (SSSR count). The molecule has 0 aliphatic carbocycles. The second kappa shape index (κ2) is 8.22. The van der Waals surface area contributed by atoms with Crippen LogP contribution in [0, 0.1) is 0 Å². The monoisotopic (exact) mass is 384 g/mol. The number of likely N-dealkylation sites (tertiary alicyclic amines) is 1. The van der Waals surface area contributed by atoms with E-state index in [1.165, 1.54) is 0 Å².